The standard InChI is InChI=1S/C22H20ClN7O3S2/c1-24-21-25-15-9-12-35(32,33)18(15)19(26-21)28-10-8-16(28)34-22-27-29-11-7-14(23)17(29)20(31)30(22)13-5-3-2-4-6-13/h2-7,11,16H,8-10,12H2,1H3,(H,24,25,26). The molecule has 1 atom stereocenters. The molecule has 0 amide bonds. The molecule has 1 N–H and O–H groups in total. The fraction of sp³-hybridized carbons (Fsp3) is 0.273. The van der Waals surface area contributed by atoms with E-state index in [1.165, 1.54) is 16.3 Å². The van der Waals surface area contributed by atoms with Crippen LogP contribution in [0.2, 0.25) is 5.02 Å². The summed E-state index contributed by atoms with van der Waals surface area (Å²) in [5.74, 6) is 0.816. The predicted molar refractivity (Wildman–Crippen MR) is 135 cm³/mol. The summed E-state index contributed by atoms with van der Waals surface area (Å²) in [6.07, 6.45) is 2.79. The molecular formula is C22H20ClN7O3S2. The number of aryl methyl sites for hydroxylation is 1. The van der Waals surface area contributed by atoms with Crippen molar-refractivity contribution in [3.05, 3.63) is 63.7 Å². The van der Waals surface area contributed by atoms with Gasteiger partial charge in [0.05, 0.1) is 27.5 Å². The average Bonchev–Trinajstić information content (AvgIpc) is 3.36. The van der Waals surface area contributed by atoms with Crippen LogP contribution >= 0.6 is 23.4 Å². The molecule has 3 aromatic heterocycles. The Bertz CT molecular complexity index is 1640. The Hall–Kier alpha value is -3.09. The normalized spacial score (nSPS) is 18.5. The average molecular weight is 530 g/mol. The predicted octanol–water partition coefficient (Wildman–Crippen LogP) is 2.63. The number of hydrogen-bond acceptors (Lipinski definition) is 9. The largest absolute Gasteiger partial charge is 0.357 e. The van der Waals surface area contributed by atoms with Gasteiger partial charge in [-0.1, -0.05) is 41.6 Å². The number of para-hydroxylation sites is 1. The molecule has 10 nitrogen and oxygen atoms in total. The second-order valence-electron chi connectivity index (χ2n) is 8.24. The highest BCUT2D eigenvalue weighted by molar-refractivity contribution is 8.00. The van der Waals surface area contributed by atoms with E-state index < -0.39 is 9.84 Å². The van der Waals surface area contributed by atoms with Crippen molar-refractivity contribution >= 4 is 50.5 Å². The molecule has 35 heavy (non-hydrogen) atoms. The lowest BCUT2D eigenvalue weighted by Crippen LogP contribution is -2.47. The summed E-state index contributed by atoms with van der Waals surface area (Å²) >= 11 is 7.67. The monoisotopic (exact) mass is 529 g/mol. The van der Waals surface area contributed by atoms with Crippen molar-refractivity contribution in [3.8, 4) is 5.69 Å². The lowest BCUT2D eigenvalue weighted by molar-refractivity contribution is 0.554. The Balaban J connectivity index is 1.45. The maximum Gasteiger partial charge on any atom is 0.284 e. The van der Waals surface area contributed by atoms with Gasteiger partial charge in [-0.2, -0.15) is 4.98 Å². The van der Waals surface area contributed by atoms with Crippen LogP contribution in [0.4, 0.5) is 11.8 Å². The molecule has 0 aliphatic carbocycles. The van der Waals surface area contributed by atoms with Crippen LogP contribution in [0.15, 0.2) is 57.4 Å². The maximum absolute atomic E-state index is 13.5. The van der Waals surface area contributed by atoms with Gasteiger partial charge in [-0.25, -0.2) is 17.9 Å². The van der Waals surface area contributed by atoms with Crippen LogP contribution in [0.5, 0.6) is 0 Å². The molecule has 0 radical (unpaired) electrons. The van der Waals surface area contributed by atoms with E-state index in [1.54, 1.807) is 23.9 Å². The Labute approximate surface area is 209 Å². The van der Waals surface area contributed by atoms with Crippen LogP contribution in [0.1, 0.15) is 12.1 Å². The van der Waals surface area contributed by atoms with Gasteiger partial charge in [-0.05, 0) is 24.6 Å². The van der Waals surface area contributed by atoms with Crippen LogP contribution in [0, 0.1) is 0 Å². The van der Waals surface area contributed by atoms with Gasteiger partial charge < -0.3 is 10.2 Å². The molecule has 1 saturated heterocycles. The Morgan fingerprint density at radius 2 is 1.97 bits per heavy atom. The molecule has 6 rings (SSSR count). The van der Waals surface area contributed by atoms with Gasteiger partial charge in [0.1, 0.15) is 10.4 Å². The van der Waals surface area contributed by atoms with Crippen molar-refractivity contribution in [2.75, 3.05) is 29.6 Å². The number of sulfone groups is 1. The Kier molecular flexibility index (Phi) is 5.27. The Morgan fingerprint density at radius 1 is 1.17 bits per heavy atom. The molecule has 4 aromatic rings. The zero-order chi connectivity index (χ0) is 24.3. The zero-order valence-corrected chi connectivity index (χ0v) is 20.9. The van der Waals surface area contributed by atoms with E-state index in [4.69, 9.17) is 11.6 Å². The number of thioether (sulfide) groups is 1. The SMILES string of the molecule is CNc1nc2c(c(N3CCC3Sc3nn4ccc(Cl)c4c(=O)n3-c3ccccc3)n1)S(=O)(=O)CC2. The van der Waals surface area contributed by atoms with Gasteiger partial charge in [0.2, 0.25) is 5.95 Å². The van der Waals surface area contributed by atoms with Crippen LogP contribution in [-0.2, 0) is 16.3 Å². The molecule has 2 aliphatic rings. The third kappa shape index (κ3) is 3.58. The fourth-order valence-electron chi connectivity index (χ4n) is 4.35. The molecule has 0 spiro atoms. The van der Waals surface area contributed by atoms with E-state index in [0.717, 1.165) is 6.42 Å². The molecule has 1 fully saturated rings. The van der Waals surface area contributed by atoms with Crippen molar-refractivity contribution < 1.29 is 8.42 Å². The van der Waals surface area contributed by atoms with Crippen molar-refractivity contribution in [3.63, 3.8) is 0 Å². The number of nitrogens with zero attached hydrogens (tertiary/aromatic N) is 6. The quantitative estimate of drug-likeness (QED) is 0.416. The van der Waals surface area contributed by atoms with Gasteiger partial charge in [0.15, 0.2) is 20.8 Å². The first-order valence-electron chi connectivity index (χ1n) is 11.0. The van der Waals surface area contributed by atoms with Crippen LogP contribution in [-0.4, -0.2) is 57.3 Å². The first-order chi connectivity index (χ1) is 16.9. The van der Waals surface area contributed by atoms with Gasteiger partial charge in [-0.15, -0.1) is 5.10 Å². The minimum atomic E-state index is -3.46. The number of hydrogen-bond donors (Lipinski definition) is 1. The van der Waals surface area contributed by atoms with Gasteiger partial charge in [-0.3, -0.25) is 9.36 Å². The van der Waals surface area contributed by atoms with E-state index in [9.17, 15) is 13.2 Å². The van der Waals surface area contributed by atoms with E-state index in [0.29, 0.717) is 51.8 Å². The number of halogens is 1. The second kappa shape index (κ2) is 8.25. The number of fused-ring (bicyclic) bond motifs is 2. The van der Waals surface area contributed by atoms with E-state index in [1.807, 2.05) is 35.2 Å². The molecular weight excluding hydrogens is 510 g/mol. The summed E-state index contributed by atoms with van der Waals surface area (Å²) in [5, 5.41) is 8.25. The number of nitrogens with one attached hydrogen (secondary N) is 1. The summed E-state index contributed by atoms with van der Waals surface area (Å²) in [7, 11) is -1.75. The van der Waals surface area contributed by atoms with Gasteiger partial charge in [0, 0.05) is 26.2 Å². The van der Waals surface area contributed by atoms with Crippen LogP contribution < -0.4 is 15.8 Å². The highest BCUT2D eigenvalue weighted by Crippen LogP contribution is 2.42. The Morgan fingerprint density at radius 3 is 2.69 bits per heavy atom. The topological polar surface area (TPSA) is 114 Å². The van der Waals surface area contributed by atoms with E-state index in [2.05, 4.69) is 20.4 Å². The molecule has 180 valence electrons. The summed E-state index contributed by atoms with van der Waals surface area (Å²) in [6.45, 7) is 0.632. The first kappa shape index (κ1) is 22.4. The lowest BCUT2D eigenvalue weighted by Gasteiger charge is -2.41. The van der Waals surface area contributed by atoms with Gasteiger partial charge in [0.25, 0.3) is 5.56 Å². The lowest BCUT2D eigenvalue weighted by atomic mass is 10.2. The second-order valence-corrected chi connectivity index (χ2v) is 11.8. The molecule has 2 aliphatic heterocycles. The maximum atomic E-state index is 13.5. The van der Waals surface area contributed by atoms with Crippen molar-refractivity contribution in [1.82, 2.24) is 24.1 Å². The minimum Gasteiger partial charge on any atom is -0.357 e. The van der Waals surface area contributed by atoms with E-state index >= 15 is 0 Å². The van der Waals surface area contributed by atoms with Crippen molar-refractivity contribution in [2.24, 2.45) is 0 Å². The van der Waals surface area contributed by atoms with E-state index in [-0.39, 0.29) is 21.6 Å². The number of anilines is 2. The third-order valence-corrected chi connectivity index (χ3v) is 9.48. The molecule has 1 aromatic carbocycles. The third-order valence-electron chi connectivity index (χ3n) is 6.16. The summed E-state index contributed by atoms with van der Waals surface area (Å²) in [6, 6.07) is 10.9. The number of aromatic nitrogens is 5. The molecule has 1 unspecified atom stereocenters. The summed E-state index contributed by atoms with van der Waals surface area (Å²) in [4.78, 5) is 24.5. The fourth-order valence-corrected chi connectivity index (χ4v) is 7.42. The summed E-state index contributed by atoms with van der Waals surface area (Å²) in [5.41, 5.74) is 1.22. The number of rotatable bonds is 5. The zero-order valence-electron chi connectivity index (χ0n) is 18.5. The molecule has 0 bridgehead atoms. The highest BCUT2D eigenvalue weighted by atomic mass is 35.5. The number of benzene rings is 1. The van der Waals surface area contributed by atoms with Crippen LogP contribution in [0.25, 0.3) is 11.2 Å². The molecule has 13 heteroatoms. The van der Waals surface area contributed by atoms with Crippen molar-refractivity contribution in [1.29, 1.82) is 0 Å². The molecule has 0 saturated carbocycles. The first-order valence-corrected chi connectivity index (χ1v) is 13.9. The van der Waals surface area contributed by atoms with Crippen LogP contribution in [0.3, 0.4) is 0 Å². The minimum absolute atomic E-state index is 0.0307. The summed E-state index contributed by atoms with van der Waals surface area (Å²) < 4.78 is 28.6. The van der Waals surface area contributed by atoms with Gasteiger partial charge >= 0.3 is 0 Å². The molecule has 5 heterocycles. The van der Waals surface area contributed by atoms with Crippen molar-refractivity contribution in [2.45, 2.75) is 28.3 Å². The smallest absolute Gasteiger partial charge is 0.284 e. The highest BCUT2D eigenvalue weighted by Gasteiger charge is 2.40.